The van der Waals surface area contributed by atoms with Gasteiger partial charge in [-0.15, -0.1) is 11.8 Å². The Labute approximate surface area is 171 Å². The fourth-order valence-electron chi connectivity index (χ4n) is 1.37. The third kappa shape index (κ3) is 11.7. The number of hydrogen-bond acceptors (Lipinski definition) is 7. The summed E-state index contributed by atoms with van der Waals surface area (Å²) >= 11 is 1.31. The summed E-state index contributed by atoms with van der Waals surface area (Å²) in [5.74, 6) is 0.661. The summed E-state index contributed by atoms with van der Waals surface area (Å²) in [5.41, 5.74) is 0.938. The number of aliphatic hydroxyl groups excluding tert-OH is 1. The molecule has 0 bridgehead atoms. The molecule has 0 heterocycles. The van der Waals surface area contributed by atoms with Crippen LogP contribution < -0.4 is 51.4 Å². The van der Waals surface area contributed by atoms with Crippen LogP contribution in [0, 0.1) is 0 Å². The molecule has 1 aromatic carbocycles. The molecule has 0 saturated heterocycles. The van der Waals surface area contributed by atoms with E-state index in [1.54, 1.807) is 0 Å². The summed E-state index contributed by atoms with van der Waals surface area (Å²) in [6.45, 7) is 0.108. The zero-order valence-electron chi connectivity index (χ0n) is 11.8. The molecule has 0 amide bonds. The molecule has 1 N–H and O–H groups in total. The Hall–Kier alpha value is 0.546. The van der Waals surface area contributed by atoms with Crippen molar-refractivity contribution in [3.63, 3.8) is 0 Å². The Kier molecular flexibility index (Phi) is 12.3. The molecule has 0 aromatic heterocycles. The molecule has 0 radical (unpaired) electrons. The van der Waals surface area contributed by atoms with Crippen LogP contribution in [0.25, 0.3) is 0 Å². The molecule has 0 saturated carbocycles. The second kappa shape index (κ2) is 12.0. The van der Waals surface area contributed by atoms with Gasteiger partial charge in [0.1, 0.15) is 5.04 Å². The molecule has 21 heavy (non-hydrogen) atoms. The van der Waals surface area contributed by atoms with Gasteiger partial charge in [-0.2, -0.15) is 8.42 Å². The summed E-state index contributed by atoms with van der Waals surface area (Å²) in [7, 11) is -4.84. The number of nitrogens with zero attached hydrogens (tertiary/aromatic N) is 1. The predicted octanol–water partition coefficient (Wildman–Crippen LogP) is -1.47. The van der Waals surface area contributed by atoms with Gasteiger partial charge in [0.05, 0.1) is 0 Å². The first kappa shape index (κ1) is 21.5. The van der Waals surface area contributed by atoms with E-state index in [4.69, 9.17) is 5.11 Å². The summed E-state index contributed by atoms with van der Waals surface area (Å²) in [6, 6.07) is 9.32. The zero-order chi connectivity index (χ0) is 14.8. The van der Waals surface area contributed by atoms with Gasteiger partial charge in [0.15, 0.2) is 0 Å². The zero-order valence-corrected chi connectivity index (χ0v) is 16.5. The van der Waals surface area contributed by atoms with Gasteiger partial charge in [-0.25, -0.2) is 0 Å². The SMILES string of the molecule is O=S(=O)([O-])O/N=C(\Cc1ccccc1)SCCCCO.[K+]. The van der Waals surface area contributed by atoms with E-state index < -0.39 is 10.4 Å². The van der Waals surface area contributed by atoms with Crippen LogP contribution in [-0.4, -0.2) is 35.5 Å². The first-order chi connectivity index (χ1) is 9.51. The van der Waals surface area contributed by atoms with Crippen LogP contribution in [-0.2, 0) is 21.1 Å². The monoisotopic (exact) mass is 357 g/mol. The average molecular weight is 357 g/mol. The maximum absolute atomic E-state index is 10.4. The van der Waals surface area contributed by atoms with Crippen molar-refractivity contribution in [2.45, 2.75) is 19.3 Å². The molecule has 0 atom stereocenters. The first-order valence-electron chi connectivity index (χ1n) is 6.00. The second-order valence-electron chi connectivity index (χ2n) is 3.91. The molecular formula is C12H16KNO5S2. The fraction of sp³-hybridized carbons (Fsp3) is 0.417. The van der Waals surface area contributed by atoms with E-state index >= 15 is 0 Å². The normalized spacial score (nSPS) is 11.8. The number of oxime groups is 1. The molecule has 0 aliphatic rings. The van der Waals surface area contributed by atoms with Crippen molar-refractivity contribution in [2.24, 2.45) is 5.16 Å². The van der Waals surface area contributed by atoms with Crippen molar-refractivity contribution in [1.82, 2.24) is 0 Å². The minimum absolute atomic E-state index is 0. The van der Waals surface area contributed by atoms with Crippen LogP contribution in [0.1, 0.15) is 18.4 Å². The maximum atomic E-state index is 10.4. The second-order valence-corrected chi connectivity index (χ2v) is 6.04. The van der Waals surface area contributed by atoms with Crippen molar-refractivity contribution in [3.05, 3.63) is 35.9 Å². The summed E-state index contributed by atoms with van der Waals surface area (Å²) in [6.07, 6.45) is 1.81. The third-order valence-electron chi connectivity index (χ3n) is 2.25. The number of thioether (sulfide) groups is 1. The average Bonchev–Trinajstić information content (AvgIpc) is 2.41. The first-order valence-corrected chi connectivity index (χ1v) is 8.32. The van der Waals surface area contributed by atoms with E-state index in [9.17, 15) is 13.0 Å². The molecule has 6 nitrogen and oxygen atoms in total. The Balaban J connectivity index is 0.00000400. The van der Waals surface area contributed by atoms with Crippen molar-refractivity contribution < 1.29 is 73.7 Å². The predicted molar refractivity (Wildman–Crippen MR) is 77.1 cm³/mol. The van der Waals surface area contributed by atoms with Gasteiger partial charge in [-0.05, 0) is 24.2 Å². The largest absolute Gasteiger partial charge is 1.00 e. The molecule has 1 aromatic rings. The minimum Gasteiger partial charge on any atom is -0.714 e. The number of benzene rings is 1. The summed E-state index contributed by atoms with van der Waals surface area (Å²) in [5, 5.41) is 12.5. The molecule has 0 spiro atoms. The van der Waals surface area contributed by atoms with Gasteiger partial charge in [-0.1, -0.05) is 35.5 Å². The van der Waals surface area contributed by atoms with Gasteiger partial charge >= 0.3 is 51.4 Å². The topological polar surface area (TPSA) is 99.0 Å². The molecule has 1 rings (SSSR count). The Morgan fingerprint density at radius 3 is 2.52 bits per heavy atom. The van der Waals surface area contributed by atoms with E-state index in [1.807, 2.05) is 30.3 Å². The van der Waals surface area contributed by atoms with Gasteiger partial charge < -0.3 is 9.66 Å². The van der Waals surface area contributed by atoms with Gasteiger partial charge in [0.25, 0.3) is 10.4 Å². The third-order valence-corrected chi connectivity index (χ3v) is 3.55. The van der Waals surface area contributed by atoms with E-state index in [0.29, 0.717) is 23.6 Å². The van der Waals surface area contributed by atoms with Crippen LogP contribution in [0.3, 0.4) is 0 Å². The smallest absolute Gasteiger partial charge is 0.714 e. The standard InChI is InChI=1S/C12H17NO5S2.K/c14-8-4-5-9-19-12(13-18-20(15,16)17)10-11-6-2-1-3-7-11;/h1-3,6-7,14H,4-5,8-10H2,(H,15,16,17);/q;+1/p-1/b13-12+;. The van der Waals surface area contributed by atoms with Crippen molar-refractivity contribution in [3.8, 4) is 0 Å². The van der Waals surface area contributed by atoms with Crippen molar-refractivity contribution in [1.29, 1.82) is 0 Å². The van der Waals surface area contributed by atoms with Crippen LogP contribution in [0.4, 0.5) is 0 Å². The Morgan fingerprint density at radius 2 is 1.95 bits per heavy atom. The number of hydrogen-bond donors (Lipinski definition) is 1. The van der Waals surface area contributed by atoms with Crippen LogP contribution in [0.15, 0.2) is 35.5 Å². The fourth-order valence-corrected chi connectivity index (χ4v) is 2.54. The molecule has 0 aliphatic heterocycles. The van der Waals surface area contributed by atoms with E-state index in [0.717, 1.165) is 12.0 Å². The number of unbranched alkanes of at least 4 members (excludes halogenated alkanes) is 1. The molecule has 9 heteroatoms. The van der Waals surface area contributed by atoms with E-state index in [1.165, 1.54) is 11.8 Å². The van der Waals surface area contributed by atoms with Crippen molar-refractivity contribution >= 4 is 27.2 Å². The molecular weight excluding hydrogens is 341 g/mol. The van der Waals surface area contributed by atoms with Gasteiger partial charge in [0, 0.05) is 13.0 Å². The Bertz CT molecular complexity index is 522. The Morgan fingerprint density at radius 1 is 1.29 bits per heavy atom. The van der Waals surface area contributed by atoms with E-state index in [2.05, 4.69) is 9.44 Å². The number of aliphatic hydroxyl groups is 1. The summed E-state index contributed by atoms with van der Waals surface area (Å²) < 4.78 is 35.3. The van der Waals surface area contributed by atoms with Crippen LogP contribution in [0.2, 0.25) is 0 Å². The maximum Gasteiger partial charge on any atom is 1.00 e. The molecule has 112 valence electrons. The van der Waals surface area contributed by atoms with Crippen LogP contribution in [0.5, 0.6) is 0 Å². The van der Waals surface area contributed by atoms with Crippen molar-refractivity contribution in [2.75, 3.05) is 12.4 Å². The summed E-state index contributed by atoms with van der Waals surface area (Å²) in [4.78, 5) is 0. The molecule has 0 aliphatic carbocycles. The molecule has 0 fully saturated rings. The van der Waals surface area contributed by atoms with Gasteiger partial charge in [-0.3, -0.25) is 4.28 Å². The minimum atomic E-state index is -4.84. The van der Waals surface area contributed by atoms with Crippen LogP contribution >= 0.6 is 11.8 Å². The van der Waals surface area contributed by atoms with Gasteiger partial charge in [0.2, 0.25) is 0 Å². The van der Waals surface area contributed by atoms with E-state index in [-0.39, 0.29) is 58.0 Å². The number of rotatable bonds is 8. The quantitative estimate of drug-likeness (QED) is 0.116. The molecule has 0 unspecified atom stereocenters.